The van der Waals surface area contributed by atoms with E-state index in [4.69, 9.17) is 0 Å². The van der Waals surface area contributed by atoms with Crippen molar-refractivity contribution in [1.29, 1.82) is 0 Å². The lowest BCUT2D eigenvalue weighted by molar-refractivity contribution is -0.126. The molecule has 0 aromatic heterocycles. The van der Waals surface area contributed by atoms with Crippen LogP contribution in [0, 0.1) is 23.7 Å². The van der Waals surface area contributed by atoms with Crippen molar-refractivity contribution < 1.29 is 4.79 Å². The Kier molecular flexibility index (Phi) is 4.89. The SMILES string of the molecule is CCC(CCBr)CNC(=O)C1CC2CCC1C2. The van der Waals surface area contributed by atoms with Gasteiger partial charge in [0.15, 0.2) is 0 Å². The van der Waals surface area contributed by atoms with Crippen LogP contribution in [0.25, 0.3) is 0 Å². The van der Waals surface area contributed by atoms with Crippen molar-refractivity contribution >= 4 is 21.8 Å². The van der Waals surface area contributed by atoms with E-state index in [9.17, 15) is 4.79 Å². The fraction of sp³-hybridized carbons (Fsp3) is 0.929. The van der Waals surface area contributed by atoms with Gasteiger partial charge in [-0.15, -0.1) is 0 Å². The van der Waals surface area contributed by atoms with Gasteiger partial charge in [0.25, 0.3) is 0 Å². The average molecular weight is 302 g/mol. The Morgan fingerprint density at radius 3 is 2.76 bits per heavy atom. The van der Waals surface area contributed by atoms with Gasteiger partial charge >= 0.3 is 0 Å². The van der Waals surface area contributed by atoms with Gasteiger partial charge in [-0.3, -0.25) is 4.79 Å². The second-order valence-corrected chi connectivity index (χ2v) is 6.57. The Balaban J connectivity index is 1.74. The van der Waals surface area contributed by atoms with E-state index in [1.807, 2.05) is 0 Å². The van der Waals surface area contributed by atoms with Crippen molar-refractivity contribution in [3.05, 3.63) is 0 Å². The van der Waals surface area contributed by atoms with Crippen LogP contribution in [0.3, 0.4) is 0 Å². The van der Waals surface area contributed by atoms with E-state index in [1.165, 1.54) is 19.3 Å². The molecule has 0 aromatic carbocycles. The minimum absolute atomic E-state index is 0.338. The van der Waals surface area contributed by atoms with Gasteiger partial charge in [0.1, 0.15) is 0 Å². The molecule has 0 heterocycles. The molecule has 4 unspecified atom stereocenters. The number of amides is 1. The lowest BCUT2D eigenvalue weighted by atomic mass is 9.88. The predicted octanol–water partition coefficient (Wildman–Crippen LogP) is 3.35. The highest BCUT2D eigenvalue weighted by Gasteiger charge is 2.42. The van der Waals surface area contributed by atoms with Gasteiger partial charge in [0.2, 0.25) is 5.91 Å². The number of hydrogen-bond acceptors (Lipinski definition) is 1. The summed E-state index contributed by atoms with van der Waals surface area (Å²) in [6, 6.07) is 0. The van der Waals surface area contributed by atoms with Crippen LogP contribution in [0.2, 0.25) is 0 Å². The molecule has 2 nitrogen and oxygen atoms in total. The Morgan fingerprint density at radius 2 is 2.24 bits per heavy atom. The summed E-state index contributed by atoms with van der Waals surface area (Å²) in [4.78, 5) is 12.1. The molecule has 0 spiro atoms. The van der Waals surface area contributed by atoms with E-state index < -0.39 is 0 Å². The number of alkyl halides is 1. The van der Waals surface area contributed by atoms with Gasteiger partial charge < -0.3 is 5.32 Å². The highest BCUT2D eigenvalue weighted by atomic mass is 79.9. The molecule has 0 saturated heterocycles. The standard InChI is InChI=1S/C14H24BrNO/c1-2-10(5-6-15)9-16-14(17)13-8-11-3-4-12(13)7-11/h10-13H,2-9H2,1H3,(H,16,17). The molecule has 2 bridgehead atoms. The van der Waals surface area contributed by atoms with Gasteiger partial charge in [-0.2, -0.15) is 0 Å². The van der Waals surface area contributed by atoms with Gasteiger partial charge in [-0.05, 0) is 43.4 Å². The quantitative estimate of drug-likeness (QED) is 0.749. The summed E-state index contributed by atoms with van der Waals surface area (Å²) >= 11 is 3.48. The largest absolute Gasteiger partial charge is 0.356 e. The maximum atomic E-state index is 12.1. The molecule has 0 aliphatic heterocycles. The average Bonchev–Trinajstić information content (AvgIpc) is 2.96. The fourth-order valence-electron chi connectivity index (χ4n) is 3.55. The van der Waals surface area contributed by atoms with Crippen molar-refractivity contribution in [3.63, 3.8) is 0 Å². The number of carbonyl (C=O) groups is 1. The van der Waals surface area contributed by atoms with Gasteiger partial charge in [-0.25, -0.2) is 0 Å². The normalized spacial score (nSPS) is 32.7. The lowest BCUT2D eigenvalue weighted by Gasteiger charge is -2.22. The second-order valence-electron chi connectivity index (χ2n) is 5.78. The van der Waals surface area contributed by atoms with E-state index >= 15 is 0 Å². The molecule has 2 saturated carbocycles. The first-order chi connectivity index (χ1) is 8.24. The second kappa shape index (κ2) is 6.21. The Bertz CT molecular complexity index is 269. The third-order valence-corrected chi connectivity index (χ3v) is 5.19. The summed E-state index contributed by atoms with van der Waals surface area (Å²) in [5.74, 6) is 2.88. The van der Waals surface area contributed by atoms with E-state index in [2.05, 4.69) is 28.2 Å². The number of carbonyl (C=O) groups excluding carboxylic acids is 1. The first-order valence-corrected chi connectivity index (χ1v) is 8.20. The molecular weight excluding hydrogens is 278 g/mol. The number of fused-ring (bicyclic) bond motifs is 2. The van der Waals surface area contributed by atoms with E-state index in [-0.39, 0.29) is 0 Å². The Morgan fingerprint density at radius 1 is 1.41 bits per heavy atom. The topological polar surface area (TPSA) is 29.1 Å². The van der Waals surface area contributed by atoms with Gasteiger partial charge in [0, 0.05) is 17.8 Å². The van der Waals surface area contributed by atoms with Crippen molar-refractivity contribution in [3.8, 4) is 0 Å². The molecule has 0 radical (unpaired) electrons. The van der Waals surface area contributed by atoms with Gasteiger partial charge in [-0.1, -0.05) is 35.7 Å². The van der Waals surface area contributed by atoms with Crippen LogP contribution in [0.5, 0.6) is 0 Å². The minimum Gasteiger partial charge on any atom is -0.356 e. The zero-order chi connectivity index (χ0) is 12.3. The summed E-state index contributed by atoms with van der Waals surface area (Å²) in [6.45, 7) is 3.08. The number of hydrogen-bond donors (Lipinski definition) is 1. The molecular formula is C14H24BrNO. The number of rotatable bonds is 6. The van der Waals surface area contributed by atoms with Crippen LogP contribution in [0.1, 0.15) is 45.4 Å². The molecule has 2 aliphatic rings. The van der Waals surface area contributed by atoms with E-state index in [0.29, 0.717) is 23.7 Å². The lowest BCUT2D eigenvalue weighted by Crippen LogP contribution is -2.36. The van der Waals surface area contributed by atoms with Crippen molar-refractivity contribution in [2.75, 3.05) is 11.9 Å². The minimum atomic E-state index is 0.338. The third-order valence-electron chi connectivity index (χ3n) is 4.73. The summed E-state index contributed by atoms with van der Waals surface area (Å²) in [6.07, 6.45) is 7.45. The van der Waals surface area contributed by atoms with Crippen molar-refractivity contribution in [1.82, 2.24) is 5.32 Å². The summed E-state index contributed by atoms with van der Waals surface area (Å²) in [5.41, 5.74) is 0. The van der Waals surface area contributed by atoms with Crippen LogP contribution in [-0.4, -0.2) is 17.8 Å². The third kappa shape index (κ3) is 3.24. The van der Waals surface area contributed by atoms with Crippen LogP contribution in [0.4, 0.5) is 0 Å². The fourth-order valence-corrected chi connectivity index (χ4v) is 4.19. The summed E-state index contributed by atoms with van der Waals surface area (Å²) in [7, 11) is 0. The highest BCUT2D eigenvalue weighted by Crippen LogP contribution is 2.48. The number of halogens is 1. The zero-order valence-corrected chi connectivity index (χ0v) is 12.3. The molecule has 0 aromatic rings. The monoisotopic (exact) mass is 301 g/mol. The molecule has 2 fully saturated rings. The van der Waals surface area contributed by atoms with Crippen molar-refractivity contribution in [2.45, 2.75) is 45.4 Å². The maximum Gasteiger partial charge on any atom is 0.223 e. The zero-order valence-electron chi connectivity index (χ0n) is 10.8. The van der Waals surface area contributed by atoms with Crippen LogP contribution in [-0.2, 0) is 4.79 Å². The van der Waals surface area contributed by atoms with Crippen LogP contribution < -0.4 is 5.32 Å². The Labute approximate surface area is 113 Å². The molecule has 4 atom stereocenters. The molecule has 17 heavy (non-hydrogen) atoms. The first kappa shape index (κ1) is 13.4. The smallest absolute Gasteiger partial charge is 0.223 e. The molecule has 98 valence electrons. The first-order valence-electron chi connectivity index (χ1n) is 7.08. The summed E-state index contributed by atoms with van der Waals surface area (Å²) in [5, 5.41) is 4.22. The Hall–Kier alpha value is -0.0500. The predicted molar refractivity (Wildman–Crippen MR) is 74.1 cm³/mol. The molecule has 1 amide bonds. The van der Waals surface area contributed by atoms with Gasteiger partial charge in [0.05, 0.1) is 0 Å². The number of nitrogens with one attached hydrogen (secondary N) is 1. The molecule has 1 N–H and O–H groups in total. The molecule has 3 heteroatoms. The van der Waals surface area contributed by atoms with Crippen LogP contribution >= 0.6 is 15.9 Å². The highest BCUT2D eigenvalue weighted by molar-refractivity contribution is 9.09. The van der Waals surface area contributed by atoms with Crippen LogP contribution in [0.15, 0.2) is 0 Å². The summed E-state index contributed by atoms with van der Waals surface area (Å²) < 4.78 is 0. The van der Waals surface area contributed by atoms with E-state index in [1.54, 1.807) is 0 Å². The maximum absolute atomic E-state index is 12.1. The molecule has 2 aliphatic carbocycles. The van der Waals surface area contributed by atoms with E-state index in [0.717, 1.165) is 37.1 Å². The van der Waals surface area contributed by atoms with Crippen molar-refractivity contribution in [2.24, 2.45) is 23.7 Å². The molecule has 2 rings (SSSR count).